The predicted octanol–water partition coefficient (Wildman–Crippen LogP) is 6.99. The highest BCUT2D eigenvalue weighted by molar-refractivity contribution is 9.10. The molecule has 0 fully saturated rings. The zero-order valence-electron chi connectivity index (χ0n) is 27.3. The van der Waals surface area contributed by atoms with Crippen molar-refractivity contribution in [1.82, 2.24) is 5.32 Å². The number of halogens is 1. The molecular weight excluding hydrogens is 694 g/mol. The summed E-state index contributed by atoms with van der Waals surface area (Å²) < 4.78 is 29.8. The third kappa shape index (κ3) is 7.75. The normalized spacial score (nSPS) is 16.5. The molecule has 5 rings (SSSR count). The molecular formula is C36H36BrN5O7. The second kappa shape index (κ2) is 16.2. The third-order valence-corrected chi connectivity index (χ3v) is 8.84. The molecule has 4 aromatic carbocycles. The van der Waals surface area contributed by atoms with Crippen LogP contribution in [-0.2, 0) is 22.5 Å². The van der Waals surface area contributed by atoms with Crippen LogP contribution in [0.3, 0.4) is 0 Å². The van der Waals surface area contributed by atoms with Crippen molar-refractivity contribution in [2.75, 3.05) is 34.5 Å². The van der Waals surface area contributed by atoms with Crippen molar-refractivity contribution in [3.8, 4) is 23.0 Å². The molecule has 1 aliphatic rings. The summed E-state index contributed by atoms with van der Waals surface area (Å²) in [7, 11) is 4.60. The smallest absolute Gasteiger partial charge is 0.252 e. The minimum absolute atomic E-state index is 0.0289. The number of amides is 1. The Hall–Kier alpha value is -5.23. The third-order valence-electron chi connectivity index (χ3n) is 8.06. The van der Waals surface area contributed by atoms with Gasteiger partial charge in [-0.1, -0.05) is 63.5 Å². The molecule has 0 saturated heterocycles. The lowest BCUT2D eigenvalue weighted by Crippen LogP contribution is -2.49. The van der Waals surface area contributed by atoms with Crippen molar-refractivity contribution in [3.63, 3.8) is 0 Å². The Morgan fingerprint density at radius 2 is 1.69 bits per heavy atom. The number of ether oxygens (including phenoxy) is 5. The number of azide groups is 1. The van der Waals surface area contributed by atoms with Crippen LogP contribution in [0.4, 0.5) is 5.69 Å². The SMILES string of the molecule is COc1cc(OC)c(CNC(=O)[C@]2(Cc3ccccc3Br)N=C(c3ccc(OCCCO)cc3)O[C@@H]2c2ccccc2N=[N+]=[N-])c(OC)c1. The standard InChI is InChI=1S/C36H36BrN5O7/c1-45-26-19-31(46-2)28(32(20-26)47-3)22-39-35(44)36(21-24-9-4-6-11-29(24)37)33(27-10-5-7-12-30(27)41-42-38)49-34(40-36)23-13-15-25(16-14-23)48-18-8-17-43/h4-7,9-16,19-20,33,43H,8,17-18,21-22H2,1-3H3,(H,39,44)/t33-,36-/m1/s1. The van der Waals surface area contributed by atoms with Gasteiger partial charge in [0.25, 0.3) is 5.91 Å². The molecule has 0 aliphatic carbocycles. The molecule has 0 aromatic heterocycles. The Bertz CT molecular complexity index is 1840. The Kier molecular flexibility index (Phi) is 11.6. The molecule has 12 nitrogen and oxygen atoms in total. The van der Waals surface area contributed by atoms with Crippen molar-refractivity contribution >= 4 is 33.4 Å². The number of aliphatic hydroxyl groups excluding tert-OH is 1. The van der Waals surface area contributed by atoms with Gasteiger partial charge in [-0.2, -0.15) is 0 Å². The lowest BCUT2D eigenvalue weighted by molar-refractivity contribution is -0.129. The first kappa shape index (κ1) is 35.1. The van der Waals surface area contributed by atoms with Gasteiger partial charge in [0.1, 0.15) is 23.0 Å². The maximum atomic E-state index is 14.8. The van der Waals surface area contributed by atoms with Crippen LogP contribution in [0.1, 0.15) is 34.8 Å². The summed E-state index contributed by atoms with van der Waals surface area (Å²) in [5, 5.41) is 16.1. The number of carbonyl (C=O) groups is 1. The molecule has 2 atom stereocenters. The predicted molar refractivity (Wildman–Crippen MR) is 188 cm³/mol. The van der Waals surface area contributed by atoms with E-state index in [1.165, 1.54) is 14.2 Å². The van der Waals surface area contributed by atoms with Gasteiger partial charge in [0.05, 0.1) is 40.0 Å². The van der Waals surface area contributed by atoms with Gasteiger partial charge >= 0.3 is 0 Å². The van der Waals surface area contributed by atoms with E-state index in [1.54, 1.807) is 67.8 Å². The number of hydrogen-bond donors (Lipinski definition) is 2. The quantitative estimate of drug-likeness (QED) is 0.0578. The van der Waals surface area contributed by atoms with Gasteiger partial charge < -0.3 is 34.1 Å². The van der Waals surface area contributed by atoms with Crippen LogP contribution < -0.4 is 24.3 Å². The monoisotopic (exact) mass is 729 g/mol. The average Bonchev–Trinajstić information content (AvgIpc) is 3.52. The van der Waals surface area contributed by atoms with E-state index >= 15 is 0 Å². The molecule has 0 saturated carbocycles. The molecule has 4 aromatic rings. The van der Waals surface area contributed by atoms with Crippen molar-refractivity contribution < 1.29 is 33.6 Å². The van der Waals surface area contributed by atoms with E-state index in [4.69, 9.17) is 33.8 Å². The van der Waals surface area contributed by atoms with Gasteiger partial charge in [0.2, 0.25) is 5.90 Å². The van der Waals surface area contributed by atoms with Gasteiger partial charge in [0.15, 0.2) is 11.6 Å². The number of aliphatic hydroxyl groups is 1. The van der Waals surface area contributed by atoms with Crippen LogP contribution in [0.5, 0.6) is 23.0 Å². The van der Waals surface area contributed by atoms with E-state index in [2.05, 4.69) is 31.3 Å². The highest BCUT2D eigenvalue weighted by atomic mass is 79.9. The second-order valence-corrected chi connectivity index (χ2v) is 11.9. The molecule has 0 radical (unpaired) electrons. The summed E-state index contributed by atoms with van der Waals surface area (Å²) in [6.07, 6.45) is -0.375. The van der Waals surface area contributed by atoms with Crippen LogP contribution in [-0.4, -0.2) is 57.0 Å². The zero-order valence-corrected chi connectivity index (χ0v) is 28.8. The van der Waals surface area contributed by atoms with E-state index in [0.717, 1.165) is 10.0 Å². The van der Waals surface area contributed by atoms with Gasteiger partial charge in [-0.05, 0) is 41.4 Å². The fourth-order valence-corrected chi connectivity index (χ4v) is 6.04. The van der Waals surface area contributed by atoms with Crippen LogP contribution in [0.15, 0.2) is 99.5 Å². The van der Waals surface area contributed by atoms with Gasteiger partial charge in [-0.25, -0.2) is 4.99 Å². The molecule has 254 valence electrons. The Morgan fingerprint density at radius 3 is 2.35 bits per heavy atom. The van der Waals surface area contributed by atoms with Crippen LogP contribution in [0, 0.1) is 0 Å². The summed E-state index contributed by atoms with van der Waals surface area (Å²) in [5.41, 5.74) is 10.7. The van der Waals surface area contributed by atoms with Gasteiger partial charge in [0, 0.05) is 57.8 Å². The average molecular weight is 731 g/mol. The van der Waals surface area contributed by atoms with Crippen LogP contribution in [0.25, 0.3) is 10.4 Å². The van der Waals surface area contributed by atoms with Crippen molar-refractivity contribution in [2.45, 2.75) is 31.0 Å². The summed E-state index contributed by atoms with van der Waals surface area (Å²) in [5.74, 6) is 1.87. The molecule has 0 unspecified atom stereocenters. The number of benzene rings is 4. The van der Waals surface area contributed by atoms with Gasteiger partial charge in [-0.3, -0.25) is 4.79 Å². The van der Waals surface area contributed by atoms with Crippen molar-refractivity contribution in [2.24, 2.45) is 10.1 Å². The topological polar surface area (TPSA) is 157 Å². The number of hydrogen-bond acceptors (Lipinski definition) is 9. The maximum absolute atomic E-state index is 14.8. The largest absolute Gasteiger partial charge is 0.496 e. The number of rotatable bonds is 15. The molecule has 1 amide bonds. The van der Waals surface area contributed by atoms with E-state index in [-0.39, 0.29) is 25.5 Å². The number of methoxy groups -OCH3 is 3. The number of aliphatic imine (C=N–C) groups is 1. The molecule has 0 spiro atoms. The summed E-state index contributed by atoms with van der Waals surface area (Å²) >= 11 is 3.65. The highest BCUT2D eigenvalue weighted by Crippen LogP contribution is 2.46. The molecule has 13 heteroatoms. The minimum atomic E-state index is -1.58. The maximum Gasteiger partial charge on any atom is 0.252 e. The van der Waals surface area contributed by atoms with E-state index < -0.39 is 17.6 Å². The Balaban J connectivity index is 1.63. The first-order chi connectivity index (χ1) is 23.9. The van der Waals surface area contributed by atoms with Crippen molar-refractivity contribution in [1.29, 1.82) is 0 Å². The molecule has 49 heavy (non-hydrogen) atoms. The van der Waals surface area contributed by atoms with E-state index in [0.29, 0.717) is 58.4 Å². The fraction of sp³-hybridized carbons (Fsp3) is 0.278. The first-order valence-corrected chi connectivity index (χ1v) is 16.2. The number of nitrogens with one attached hydrogen (secondary N) is 1. The summed E-state index contributed by atoms with van der Waals surface area (Å²) in [4.78, 5) is 23.0. The summed E-state index contributed by atoms with van der Waals surface area (Å²) in [6.45, 7) is 0.425. The van der Waals surface area contributed by atoms with Gasteiger partial charge in [-0.15, -0.1) is 0 Å². The highest BCUT2D eigenvalue weighted by Gasteiger charge is 2.54. The fourth-order valence-electron chi connectivity index (χ4n) is 5.61. The second-order valence-electron chi connectivity index (χ2n) is 11.0. The lowest BCUT2D eigenvalue weighted by atomic mass is 9.81. The molecule has 1 aliphatic heterocycles. The molecule has 1 heterocycles. The first-order valence-electron chi connectivity index (χ1n) is 15.4. The number of carbonyl (C=O) groups excluding carboxylic acids is 1. The molecule has 2 N–H and O–H groups in total. The van der Waals surface area contributed by atoms with Crippen LogP contribution in [0.2, 0.25) is 0 Å². The zero-order chi connectivity index (χ0) is 34.8. The molecule has 0 bridgehead atoms. The van der Waals surface area contributed by atoms with Crippen LogP contribution >= 0.6 is 15.9 Å². The van der Waals surface area contributed by atoms with Crippen molar-refractivity contribution in [3.05, 3.63) is 122 Å². The summed E-state index contributed by atoms with van der Waals surface area (Å²) in [6, 6.07) is 25.1. The Morgan fingerprint density at radius 1 is 1.00 bits per heavy atom. The number of nitrogens with zero attached hydrogens (tertiary/aromatic N) is 4. The Labute approximate surface area is 292 Å². The minimum Gasteiger partial charge on any atom is -0.496 e. The van der Waals surface area contributed by atoms with E-state index in [9.17, 15) is 10.3 Å². The van der Waals surface area contributed by atoms with E-state index in [1.807, 2.05) is 24.3 Å². The lowest BCUT2D eigenvalue weighted by Gasteiger charge is -2.32.